The molecular weight excluding hydrogens is 362 g/mol. The minimum atomic E-state index is -1.36. The second-order valence-corrected chi connectivity index (χ2v) is 7.06. The Kier molecular flexibility index (Phi) is 3.99. The monoisotopic (exact) mass is 379 g/mol. The number of nitrogens with zero attached hydrogens (tertiary/aromatic N) is 3. The zero-order chi connectivity index (χ0) is 20.1. The standard InChI is InChI=1S/C20H17N3O5/c1-12-4-3-5-13(2)18(12)22-17(24)11-20(19(22)25)10-16(21-28-20)14-6-8-15(9-7-14)23(26)27/h3-9H,10-11H2,1-2H3. The van der Waals surface area contributed by atoms with Crippen LogP contribution in [-0.2, 0) is 14.4 Å². The summed E-state index contributed by atoms with van der Waals surface area (Å²) in [6.45, 7) is 3.70. The van der Waals surface area contributed by atoms with Gasteiger partial charge in [-0.25, -0.2) is 4.90 Å². The Morgan fingerprint density at radius 1 is 1.07 bits per heavy atom. The molecule has 4 rings (SSSR count). The number of nitro groups is 1. The fourth-order valence-electron chi connectivity index (χ4n) is 3.72. The van der Waals surface area contributed by atoms with Crippen molar-refractivity contribution in [2.45, 2.75) is 32.3 Å². The van der Waals surface area contributed by atoms with Gasteiger partial charge in [0.25, 0.3) is 11.6 Å². The molecule has 0 aromatic heterocycles. The van der Waals surface area contributed by atoms with Gasteiger partial charge in [0.2, 0.25) is 11.5 Å². The van der Waals surface area contributed by atoms with E-state index in [2.05, 4.69) is 5.16 Å². The van der Waals surface area contributed by atoms with E-state index < -0.39 is 16.4 Å². The van der Waals surface area contributed by atoms with Gasteiger partial charge in [0.05, 0.1) is 22.7 Å². The SMILES string of the molecule is Cc1cccc(C)c1N1C(=O)CC2(CC(c3ccc([N+](=O)[O-])cc3)=NO2)C1=O. The van der Waals surface area contributed by atoms with Crippen LogP contribution in [0.1, 0.15) is 29.5 Å². The van der Waals surface area contributed by atoms with Crippen molar-refractivity contribution in [2.24, 2.45) is 5.16 Å². The Morgan fingerprint density at radius 3 is 2.32 bits per heavy atom. The quantitative estimate of drug-likeness (QED) is 0.463. The summed E-state index contributed by atoms with van der Waals surface area (Å²) in [4.78, 5) is 42.9. The molecule has 1 spiro atoms. The summed E-state index contributed by atoms with van der Waals surface area (Å²) in [6, 6.07) is 11.4. The topological polar surface area (TPSA) is 102 Å². The number of hydrogen-bond donors (Lipinski definition) is 0. The van der Waals surface area contributed by atoms with E-state index in [1.165, 1.54) is 17.0 Å². The van der Waals surface area contributed by atoms with E-state index in [0.717, 1.165) is 11.1 Å². The molecule has 1 saturated heterocycles. The van der Waals surface area contributed by atoms with Crippen LogP contribution in [0.4, 0.5) is 11.4 Å². The molecule has 142 valence electrons. The molecule has 1 fully saturated rings. The molecule has 0 bridgehead atoms. The maximum atomic E-state index is 13.2. The van der Waals surface area contributed by atoms with Gasteiger partial charge in [-0.2, -0.15) is 0 Å². The molecule has 8 nitrogen and oxygen atoms in total. The van der Waals surface area contributed by atoms with Crippen molar-refractivity contribution < 1.29 is 19.3 Å². The van der Waals surface area contributed by atoms with Crippen LogP contribution < -0.4 is 4.90 Å². The average Bonchev–Trinajstić information content (AvgIpc) is 3.18. The lowest BCUT2D eigenvalue weighted by Gasteiger charge is -2.22. The predicted octanol–water partition coefficient (Wildman–Crippen LogP) is 3.04. The normalized spacial score (nSPS) is 21.2. The molecule has 1 atom stereocenters. The molecule has 28 heavy (non-hydrogen) atoms. The third-order valence-corrected chi connectivity index (χ3v) is 5.14. The molecule has 2 heterocycles. The van der Waals surface area contributed by atoms with Crippen LogP contribution in [0.3, 0.4) is 0 Å². The fraction of sp³-hybridized carbons (Fsp3) is 0.250. The minimum absolute atomic E-state index is 0.0358. The van der Waals surface area contributed by atoms with Crippen molar-refractivity contribution in [3.63, 3.8) is 0 Å². The molecule has 2 amide bonds. The van der Waals surface area contributed by atoms with E-state index in [1.807, 2.05) is 32.0 Å². The summed E-state index contributed by atoms with van der Waals surface area (Å²) >= 11 is 0. The molecule has 0 saturated carbocycles. The first-order valence-electron chi connectivity index (χ1n) is 8.76. The van der Waals surface area contributed by atoms with Gasteiger partial charge >= 0.3 is 0 Å². The maximum absolute atomic E-state index is 13.2. The van der Waals surface area contributed by atoms with E-state index in [4.69, 9.17) is 4.84 Å². The largest absolute Gasteiger partial charge is 0.378 e. The van der Waals surface area contributed by atoms with Crippen LogP contribution in [0.5, 0.6) is 0 Å². The number of carbonyl (C=O) groups excluding carboxylic acids is 2. The number of para-hydroxylation sites is 1. The molecule has 2 aromatic carbocycles. The summed E-state index contributed by atoms with van der Waals surface area (Å²) in [5, 5.41) is 14.8. The molecule has 8 heteroatoms. The highest BCUT2D eigenvalue weighted by Gasteiger charge is 2.58. The Hall–Kier alpha value is -3.55. The number of anilines is 1. The molecule has 2 aliphatic rings. The molecule has 2 aliphatic heterocycles. The zero-order valence-electron chi connectivity index (χ0n) is 15.3. The molecule has 1 unspecified atom stereocenters. The van der Waals surface area contributed by atoms with Crippen LogP contribution in [0.25, 0.3) is 0 Å². The molecular formula is C20H17N3O5. The van der Waals surface area contributed by atoms with Gasteiger partial charge in [0, 0.05) is 18.6 Å². The number of carbonyl (C=O) groups is 2. The fourth-order valence-corrected chi connectivity index (χ4v) is 3.72. The van der Waals surface area contributed by atoms with E-state index >= 15 is 0 Å². The molecule has 2 aromatic rings. The van der Waals surface area contributed by atoms with E-state index in [1.54, 1.807) is 12.1 Å². The second kappa shape index (κ2) is 6.26. The van der Waals surface area contributed by atoms with E-state index in [-0.39, 0.29) is 24.4 Å². The zero-order valence-corrected chi connectivity index (χ0v) is 15.3. The summed E-state index contributed by atoms with van der Waals surface area (Å²) in [5.41, 5.74) is 1.95. The summed E-state index contributed by atoms with van der Waals surface area (Å²) in [5.74, 6) is -0.766. The van der Waals surface area contributed by atoms with Crippen molar-refractivity contribution in [1.29, 1.82) is 0 Å². The number of benzene rings is 2. The van der Waals surface area contributed by atoms with Crippen molar-refractivity contribution in [3.8, 4) is 0 Å². The van der Waals surface area contributed by atoms with Gasteiger partial charge in [-0.3, -0.25) is 19.7 Å². The minimum Gasteiger partial charge on any atom is -0.378 e. The number of rotatable bonds is 3. The third kappa shape index (κ3) is 2.65. The lowest BCUT2D eigenvalue weighted by molar-refractivity contribution is -0.384. The van der Waals surface area contributed by atoms with Crippen molar-refractivity contribution >= 4 is 28.9 Å². The maximum Gasteiger partial charge on any atom is 0.281 e. The van der Waals surface area contributed by atoms with Gasteiger partial charge in [0.1, 0.15) is 0 Å². The second-order valence-electron chi connectivity index (χ2n) is 7.06. The van der Waals surface area contributed by atoms with Crippen LogP contribution in [0.2, 0.25) is 0 Å². The van der Waals surface area contributed by atoms with Crippen LogP contribution in [-0.4, -0.2) is 28.1 Å². The number of aryl methyl sites for hydroxylation is 2. The van der Waals surface area contributed by atoms with Crippen LogP contribution >= 0.6 is 0 Å². The smallest absolute Gasteiger partial charge is 0.281 e. The molecule has 0 N–H and O–H groups in total. The van der Waals surface area contributed by atoms with E-state index in [9.17, 15) is 19.7 Å². The number of nitro benzene ring substituents is 1. The summed E-state index contributed by atoms with van der Waals surface area (Å²) in [7, 11) is 0. The number of non-ortho nitro benzene ring substituents is 1. The first-order valence-corrected chi connectivity index (χ1v) is 8.76. The number of hydrogen-bond acceptors (Lipinski definition) is 6. The van der Waals surface area contributed by atoms with Crippen LogP contribution in [0.15, 0.2) is 47.6 Å². The first-order chi connectivity index (χ1) is 13.3. The van der Waals surface area contributed by atoms with Gasteiger partial charge in [-0.1, -0.05) is 23.4 Å². The predicted molar refractivity (Wildman–Crippen MR) is 101 cm³/mol. The third-order valence-electron chi connectivity index (χ3n) is 5.14. The van der Waals surface area contributed by atoms with Gasteiger partial charge in [-0.15, -0.1) is 0 Å². The summed E-state index contributed by atoms with van der Waals surface area (Å²) in [6.07, 6.45) is 0.0381. The Morgan fingerprint density at radius 2 is 1.71 bits per heavy atom. The van der Waals surface area contributed by atoms with E-state index in [0.29, 0.717) is 17.0 Å². The Balaban J connectivity index is 1.62. The van der Waals surface area contributed by atoms with Crippen molar-refractivity contribution in [3.05, 3.63) is 69.3 Å². The van der Waals surface area contributed by atoms with Crippen molar-refractivity contribution in [2.75, 3.05) is 4.90 Å². The number of oxime groups is 1. The van der Waals surface area contributed by atoms with Gasteiger partial charge in [-0.05, 0) is 42.7 Å². The van der Waals surface area contributed by atoms with Gasteiger partial charge < -0.3 is 4.84 Å². The Bertz CT molecular complexity index is 1020. The number of amides is 2. The Labute approximate surface area is 160 Å². The highest BCUT2D eigenvalue weighted by molar-refractivity contribution is 6.26. The molecule has 0 aliphatic carbocycles. The lowest BCUT2D eigenvalue weighted by atomic mass is 9.92. The first kappa shape index (κ1) is 17.8. The summed E-state index contributed by atoms with van der Waals surface area (Å²) < 4.78 is 0. The highest BCUT2D eigenvalue weighted by Crippen LogP contribution is 2.41. The highest BCUT2D eigenvalue weighted by atomic mass is 16.7. The molecule has 0 radical (unpaired) electrons. The average molecular weight is 379 g/mol. The van der Waals surface area contributed by atoms with Crippen molar-refractivity contribution in [1.82, 2.24) is 0 Å². The number of imide groups is 1. The lowest BCUT2D eigenvalue weighted by Crippen LogP contribution is -2.41. The van der Waals surface area contributed by atoms with Crippen LogP contribution in [0, 0.1) is 24.0 Å². The van der Waals surface area contributed by atoms with Gasteiger partial charge in [0.15, 0.2) is 0 Å².